The van der Waals surface area contributed by atoms with Crippen LogP contribution in [0.1, 0.15) is 84.5 Å². The Morgan fingerprint density at radius 2 is 1.79 bits per heavy atom. The molecule has 7 unspecified atom stereocenters. The van der Waals surface area contributed by atoms with Gasteiger partial charge in [0.05, 0.1) is 0 Å². The van der Waals surface area contributed by atoms with Gasteiger partial charge in [-0.15, -0.1) is 0 Å². The van der Waals surface area contributed by atoms with Crippen molar-refractivity contribution >= 4 is 11.8 Å². The van der Waals surface area contributed by atoms with Crippen LogP contribution in [0, 0.1) is 34.5 Å². The van der Waals surface area contributed by atoms with Gasteiger partial charge in [0.2, 0.25) is 11.8 Å². The lowest BCUT2D eigenvalue weighted by Crippen LogP contribution is -2.59. The maximum atomic E-state index is 13.3. The lowest BCUT2D eigenvalue weighted by Gasteiger charge is -2.58. The molecule has 4 nitrogen and oxygen atoms in total. The van der Waals surface area contributed by atoms with Crippen molar-refractivity contribution in [1.82, 2.24) is 10.6 Å². The van der Waals surface area contributed by atoms with E-state index in [1.807, 2.05) is 0 Å². The van der Waals surface area contributed by atoms with Gasteiger partial charge in [0.1, 0.15) is 0 Å². The molecule has 29 heavy (non-hydrogen) atoms. The molecule has 0 bridgehead atoms. The standard InChI is InChI=1S/C25H38N2O2/c1-24-14-12-19-17(8-11-21-25(19,2)15-13-22(28)27-21)18(24)9-10-20(24)23(29)26-16-6-4-3-5-7-16/h13,15-21H,3-12,14H2,1-2H3,(H,26,29)(H,27,28). The normalized spacial score (nSPS) is 47.0. The van der Waals surface area contributed by atoms with Crippen LogP contribution in [0.4, 0.5) is 0 Å². The van der Waals surface area contributed by atoms with Crippen LogP contribution in [0.5, 0.6) is 0 Å². The fourth-order valence-corrected chi connectivity index (χ4v) is 8.31. The first-order valence-electron chi connectivity index (χ1n) is 12.2. The molecule has 2 amide bonds. The van der Waals surface area contributed by atoms with Gasteiger partial charge >= 0.3 is 0 Å². The van der Waals surface area contributed by atoms with Crippen molar-refractivity contribution in [3.63, 3.8) is 0 Å². The van der Waals surface area contributed by atoms with E-state index < -0.39 is 0 Å². The molecule has 7 atom stereocenters. The predicted molar refractivity (Wildman–Crippen MR) is 114 cm³/mol. The first kappa shape index (κ1) is 19.6. The molecule has 4 saturated carbocycles. The predicted octanol–water partition coefficient (Wildman–Crippen LogP) is 4.35. The van der Waals surface area contributed by atoms with Crippen molar-refractivity contribution in [3.8, 4) is 0 Å². The van der Waals surface area contributed by atoms with Crippen molar-refractivity contribution in [2.75, 3.05) is 0 Å². The van der Waals surface area contributed by atoms with Crippen LogP contribution in [-0.2, 0) is 9.59 Å². The molecular formula is C25H38N2O2. The van der Waals surface area contributed by atoms with Crippen molar-refractivity contribution in [3.05, 3.63) is 12.2 Å². The average Bonchev–Trinajstić information content (AvgIpc) is 3.06. The van der Waals surface area contributed by atoms with Gasteiger partial charge in [0.25, 0.3) is 0 Å². The summed E-state index contributed by atoms with van der Waals surface area (Å²) in [4.78, 5) is 25.2. The van der Waals surface area contributed by atoms with Crippen molar-refractivity contribution < 1.29 is 9.59 Å². The Kier molecular flexibility index (Phi) is 4.83. The smallest absolute Gasteiger partial charge is 0.243 e. The number of rotatable bonds is 2. The lowest BCUT2D eigenvalue weighted by molar-refractivity contribution is -0.135. The van der Waals surface area contributed by atoms with Gasteiger partial charge < -0.3 is 10.6 Å². The third kappa shape index (κ3) is 3.08. The number of amides is 2. The summed E-state index contributed by atoms with van der Waals surface area (Å²) < 4.78 is 0. The Morgan fingerprint density at radius 1 is 1.00 bits per heavy atom. The Hall–Kier alpha value is -1.32. The van der Waals surface area contributed by atoms with E-state index in [9.17, 15) is 9.59 Å². The Labute approximate surface area is 175 Å². The van der Waals surface area contributed by atoms with Crippen molar-refractivity contribution in [2.24, 2.45) is 34.5 Å². The minimum atomic E-state index is 0.0758. The monoisotopic (exact) mass is 398 g/mol. The minimum absolute atomic E-state index is 0.0758. The highest BCUT2D eigenvalue weighted by Crippen LogP contribution is 2.65. The van der Waals surface area contributed by atoms with Crippen LogP contribution in [0.3, 0.4) is 0 Å². The second kappa shape index (κ2) is 7.13. The summed E-state index contributed by atoms with van der Waals surface area (Å²) in [5.41, 5.74) is 0.241. The molecule has 0 aromatic carbocycles. The number of carbonyl (C=O) groups excluding carboxylic acids is 2. The molecule has 2 N–H and O–H groups in total. The molecule has 4 fully saturated rings. The number of fused-ring (bicyclic) bond motifs is 5. The third-order valence-electron chi connectivity index (χ3n) is 9.95. The van der Waals surface area contributed by atoms with Gasteiger partial charge in [-0.1, -0.05) is 39.2 Å². The van der Waals surface area contributed by atoms with Gasteiger partial charge in [-0.05, 0) is 80.6 Å². The Balaban J connectivity index is 1.33. The quantitative estimate of drug-likeness (QED) is 0.726. The molecule has 5 aliphatic rings. The van der Waals surface area contributed by atoms with Gasteiger partial charge in [0, 0.05) is 23.4 Å². The number of hydrogen-bond acceptors (Lipinski definition) is 2. The summed E-state index contributed by atoms with van der Waals surface area (Å²) in [6, 6.07) is 0.706. The van der Waals surface area contributed by atoms with Gasteiger partial charge in [0.15, 0.2) is 0 Å². The van der Waals surface area contributed by atoms with E-state index in [2.05, 4.69) is 30.6 Å². The molecule has 1 aliphatic heterocycles. The van der Waals surface area contributed by atoms with E-state index in [4.69, 9.17) is 0 Å². The average molecular weight is 399 g/mol. The second-order valence-corrected chi connectivity index (χ2v) is 11.2. The minimum Gasteiger partial charge on any atom is -0.353 e. The first-order chi connectivity index (χ1) is 13.9. The number of hydrogen-bond donors (Lipinski definition) is 2. The molecule has 4 aliphatic carbocycles. The fourth-order valence-electron chi connectivity index (χ4n) is 8.31. The van der Waals surface area contributed by atoms with E-state index in [1.54, 1.807) is 6.08 Å². The van der Waals surface area contributed by atoms with Crippen LogP contribution in [0.2, 0.25) is 0 Å². The van der Waals surface area contributed by atoms with Crippen LogP contribution in [0.25, 0.3) is 0 Å². The van der Waals surface area contributed by atoms with Crippen LogP contribution in [-0.4, -0.2) is 23.9 Å². The molecule has 0 spiro atoms. The first-order valence-corrected chi connectivity index (χ1v) is 12.2. The topological polar surface area (TPSA) is 58.2 Å². The van der Waals surface area contributed by atoms with Crippen LogP contribution < -0.4 is 10.6 Å². The summed E-state index contributed by atoms with van der Waals surface area (Å²) in [6.07, 6.45) is 17.1. The molecule has 5 rings (SSSR count). The van der Waals surface area contributed by atoms with Crippen molar-refractivity contribution in [1.29, 1.82) is 0 Å². The highest BCUT2D eigenvalue weighted by atomic mass is 16.2. The highest BCUT2D eigenvalue weighted by molar-refractivity contribution is 5.89. The van der Waals surface area contributed by atoms with Crippen LogP contribution >= 0.6 is 0 Å². The SMILES string of the molecule is CC12C=CC(=O)NC1CCC1C2CCC2(C)C(C(=O)NC3CCCCC3)CCC12. The van der Waals surface area contributed by atoms with E-state index in [-0.39, 0.29) is 28.7 Å². The zero-order valence-corrected chi connectivity index (χ0v) is 18.2. The van der Waals surface area contributed by atoms with E-state index in [0.717, 1.165) is 19.3 Å². The van der Waals surface area contributed by atoms with Gasteiger partial charge in [-0.25, -0.2) is 0 Å². The largest absolute Gasteiger partial charge is 0.353 e. The maximum absolute atomic E-state index is 13.3. The molecule has 0 radical (unpaired) electrons. The zero-order chi connectivity index (χ0) is 20.2. The molecule has 1 heterocycles. The summed E-state index contributed by atoms with van der Waals surface area (Å²) in [6.45, 7) is 4.80. The van der Waals surface area contributed by atoms with Gasteiger partial charge in [-0.3, -0.25) is 9.59 Å². The Bertz CT molecular complexity index is 712. The summed E-state index contributed by atoms with van der Waals surface area (Å²) >= 11 is 0. The summed E-state index contributed by atoms with van der Waals surface area (Å²) in [5, 5.41) is 6.69. The van der Waals surface area contributed by atoms with E-state index in [0.29, 0.717) is 29.7 Å². The van der Waals surface area contributed by atoms with E-state index in [1.165, 1.54) is 51.4 Å². The maximum Gasteiger partial charge on any atom is 0.243 e. The second-order valence-electron chi connectivity index (χ2n) is 11.2. The van der Waals surface area contributed by atoms with Crippen molar-refractivity contribution in [2.45, 2.75) is 96.6 Å². The van der Waals surface area contributed by atoms with E-state index >= 15 is 0 Å². The number of carbonyl (C=O) groups is 2. The Morgan fingerprint density at radius 3 is 2.59 bits per heavy atom. The van der Waals surface area contributed by atoms with Gasteiger partial charge in [-0.2, -0.15) is 0 Å². The zero-order valence-electron chi connectivity index (χ0n) is 18.2. The highest BCUT2D eigenvalue weighted by Gasteiger charge is 2.60. The fraction of sp³-hybridized carbons (Fsp3) is 0.840. The molecule has 0 saturated heterocycles. The summed E-state index contributed by atoms with van der Waals surface area (Å²) in [5.74, 6) is 2.62. The third-order valence-corrected chi connectivity index (χ3v) is 9.95. The molecular weight excluding hydrogens is 360 g/mol. The lowest BCUT2D eigenvalue weighted by atomic mass is 9.48. The molecule has 160 valence electrons. The molecule has 4 heteroatoms. The van der Waals surface area contributed by atoms with Crippen LogP contribution in [0.15, 0.2) is 12.2 Å². The molecule has 0 aromatic rings. The number of nitrogens with one attached hydrogen (secondary N) is 2. The summed E-state index contributed by atoms with van der Waals surface area (Å²) in [7, 11) is 0. The molecule has 0 aromatic heterocycles.